The Morgan fingerprint density at radius 3 is 3.05 bits per heavy atom. The van der Waals surface area contributed by atoms with Crippen molar-refractivity contribution < 1.29 is 9.90 Å². The molecule has 0 bridgehead atoms. The molecule has 2 atom stereocenters. The molecule has 20 heavy (non-hydrogen) atoms. The summed E-state index contributed by atoms with van der Waals surface area (Å²) in [7, 11) is 0. The molecular formula is C15H21N3O2. The molecule has 5 nitrogen and oxygen atoms in total. The molecule has 1 fully saturated rings. The Labute approximate surface area is 118 Å². The maximum absolute atomic E-state index is 12.3. The van der Waals surface area contributed by atoms with E-state index < -0.39 is 0 Å². The van der Waals surface area contributed by atoms with Crippen LogP contribution in [0.25, 0.3) is 0 Å². The van der Waals surface area contributed by atoms with Gasteiger partial charge in [0, 0.05) is 19.1 Å². The van der Waals surface area contributed by atoms with Gasteiger partial charge < -0.3 is 21.1 Å². The topological polar surface area (TPSA) is 73.4 Å². The number of rotatable bonds is 2. The Morgan fingerprint density at radius 1 is 1.35 bits per heavy atom. The average molecular weight is 275 g/mol. The zero-order valence-corrected chi connectivity index (χ0v) is 11.5. The summed E-state index contributed by atoms with van der Waals surface area (Å²) in [5.74, 6) is 0.360. The highest BCUT2D eigenvalue weighted by Gasteiger charge is 2.26. The van der Waals surface area contributed by atoms with Gasteiger partial charge in [0.1, 0.15) is 5.75 Å². The van der Waals surface area contributed by atoms with Gasteiger partial charge in [0.05, 0.1) is 6.04 Å². The lowest BCUT2D eigenvalue weighted by molar-refractivity contribution is -0.124. The second-order valence-corrected chi connectivity index (χ2v) is 5.64. The van der Waals surface area contributed by atoms with Crippen molar-refractivity contribution >= 4 is 5.91 Å². The van der Waals surface area contributed by atoms with Crippen LogP contribution in [0.15, 0.2) is 18.2 Å². The smallest absolute Gasteiger partial charge is 0.237 e. The number of hydrogen-bond donors (Lipinski definition) is 4. The molecule has 2 aliphatic rings. The van der Waals surface area contributed by atoms with Crippen molar-refractivity contribution in [1.82, 2.24) is 16.0 Å². The number of carbonyl (C=O) groups excluding carboxylic acids is 1. The first-order chi connectivity index (χ1) is 9.72. The quantitative estimate of drug-likeness (QED) is 0.625. The molecule has 0 radical (unpaired) electrons. The number of benzene rings is 1. The molecule has 1 aromatic rings. The van der Waals surface area contributed by atoms with Gasteiger partial charge in [-0.25, -0.2) is 0 Å². The standard InChI is InChI=1S/C15H21N3O2/c19-13-4-3-10-7-14(17-8-11(10)6-13)15(20)18-12-2-1-5-16-9-12/h3-4,6,12,14,16-17,19H,1-2,5,7-9H2,(H,18,20). The fraction of sp³-hybridized carbons (Fsp3) is 0.533. The van der Waals surface area contributed by atoms with E-state index in [4.69, 9.17) is 0 Å². The highest BCUT2D eigenvalue weighted by Crippen LogP contribution is 2.21. The summed E-state index contributed by atoms with van der Waals surface area (Å²) in [5, 5.41) is 19.1. The molecule has 5 heteroatoms. The van der Waals surface area contributed by atoms with Crippen LogP contribution in [0.5, 0.6) is 5.75 Å². The van der Waals surface area contributed by atoms with Crippen molar-refractivity contribution in [2.24, 2.45) is 0 Å². The van der Waals surface area contributed by atoms with Gasteiger partial charge in [-0.1, -0.05) is 6.07 Å². The highest BCUT2D eigenvalue weighted by atomic mass is 16.3. The molecule has 1 aromatic carbocycles. The molecule has 0 spiro atoms. The molecule has 0 aromatic heterocycles. The van der Waals surface area contributed by atoms with Crippen LogP contribution in [-0.4, -0.2) is 36.2 Å². The summed E-state index contributed by atoms with van der Waals surface area (Å²) < 4.78 is 0. The van der Waals surface area contributed by atoms with E-state index in [2.05, 4.69) is 16.0 Å². The minimum Gasteiger partial charge on any atom is -0.508 e. The third-order valence-electron chi connectivity index (χ3n) is 4.11. The molecule has 2 unspecified atom stereocenters. The van der Waals surface area contributed by atoms with Crippen LogP contribution >= 0.6 is 0 Å². The number of amides is 1. The van der Waals surface area contributed by atoms with Gasteiger partial charge in [-0.05, 0) is 49.1 Å². The predicted octanol–water partition coefficient (Wildman–Crippen LogP) is 0.275. The highest BCUT2D eigenvalue weighted by molar-refractivity contribution is 5.82. The van der Waals surface area contributed by atoms with Crippen LogP contribution in [0.3, 0.4) is 0 Å². The van der Waals surface area contributed by atoms with Crippen LogP contribution in [0.2, 0.25) is 0 Å². The zero-order valence-electron chi connectivity index (χ0n) is 11.5. The van der Waals surface area contributed by atoms with Crippen molar-refractivity contribution in [3.8, 4) is 5.75 Å². The van der Waals surface area contributed by atoms with E-state index in [1.807, 2.05) is 6.07 Å². The van der Waals surface area contributed by atoms with E-state index in [0.717, 1.165) is 37.1 Å². The molecule has 0 saturated carbocycles. The summed E-state index contributed by atoms with van der Waals surface area (Å²) in [6, 6.07) is 5.44. The molecule has 4 N–H and O–H groups in total. The number of hydrogen-bond acceptors (Lipinski definition) is 4. The van der Waals surface area contributed by atoms with E-state index in [0.29, 0.717) is 13.0 Å². The van der Waals surface area contributed by atoms with Crippen LogP contribution in [0.1, 0.15) is 24.0 Å². The number of carbonyl (C=O) groups is 1. The Bertz CT molecular complexity index is 498. The van der Waals surface area contributed by atoms with Gasteiger partial charge in [0.2, 0.25) is 5.91 Å². The lowest BCUT2D eigenvalue weighted by atomic mass is 9.95. The SMILES string of the molecule is O=C(NC1CCCNC1)C1Cc2ccc(O)cc2CN1. The lowest BCUT2D eigenvalue weighted by Gasteiger charge is -2.29. The number of piperidine rings is 1. The third kappa shape index (κ3) is 2.94. The van der Waals surface area contributed by atoms with Crippen LogP contribution < -0.4 is 16.0 Å². The lowest BCUT2D eigenvalue weighted by Crippen LogP contribution is -2.53. The molecule has 0 aliphatic carbocycles. The van der Waals surface area contributed by atoms with Gasteiger partial charge in [-0.3, -0.25) is 4.79 Å². The number of phenols is 1. The normalized spacial score (nSPS) is 25.8. The number of fused-ring (bicyclic) bond motifs is 1. The van der Waals surface area contributed by atoms with Crippen LogP contribution in [0, 0.1) is 0 Å². The maximum atomic E-state index is 12.3. The summed E-state index contributed by atoms with van der Waals surface area (Å²) in [5.41, 5.74) is 2.22. The minimum atomic E-state index is -0.172. The molecule has 108 valence electrons. The largest absolute Gasteiger partial charge is 0.508 e. The zero-order chi connectivity index (χ0) is 13.9. The van der Waals surface area contributed by atoms with E-state index in [1.165, 1.54) is 0 Å². The summed E-state index contributed by atoms with van der Waals surface area (Å²) in [6.45, 7) is 2.54. The van der Waals surface area contributed by atoms with Gasteiger partial charge >= 0.3 is 0 Å². The van der Waals surface area contributed by atoms with Gasteiger partial charge in [-0.15, -0.1) is 0 Å². The Balaban J connectivity index is 1.61. The molecule has 1 amide bonds. The van der Waals surface area contributed by atoms with Crippen LogP contribution in [0.4, 0.5) is 0 Å². The van der Waals surface area contributed by atoms with Gasteiger partial charge in [0.15, 0.2) is 0 Å². The monoisotopic (exact) mass is 275 g/mol. The van der Waals surface area contributed by atoms with Crippen molar-refractivity contribution in [2.75, 3.05) is 13.1 Å². The van der Waals surface area contributed by atoms with Gasteiger partial charge in [0.25, 0.3) is 0 Å². The predicted molar refractivity (Wildman–Crippen MR) is 76.5 cm³/mol. The van der Waals surface area contributed by atoms with Crippen molar-refractivity contribution in [3.05, 3.63) is 29.3 Å². The summed E-state index contributed by atoms with van der Waals surface area (Å²) >= 11 is 0. The maximum Gasteiger partial charge on any atom is 0.237 e. The first-order valence-corrected chi connectivity index (χ1v) is 7.27. The molecule has 2 aliphatic heterocycles. The second kappa shape index (κ2) is 5.81. The first kappa shape index (κ1) is 13.4. The Kier molecular flexibility index (Phi) is 3.89. The van der Waals surface area contributed by atoms with Crippen molar-refractivity contribution in [1.29, 1.82) is 0 Å². The van der Waals surface area contributed by atoms with E-state index in [1.54, 1.807) is 12.1 Å². The van der Waals surface area contributed by atoms with Crippen molar-refractivity contribution in [2.45, 2.75) is 37.9 Å². The molecular weight excluding hydrogens is 254 g/mol. The third-order valence-corrected chi connectivity index (χ3v) is 4.11. The van der Waals surface area contributed by atoms with E-state index >= 15 is 0 Å². The first-order valence-electron chi connectivity index (χ1n) is 7.27. The van der Waals surface area contributed by atoms with Gasteiger partial charge in [-0.2, -0.15) is 0 Å². The minimum absolute atomic E-state index is 0.0809. The van der Waals surface area contributed by atoms with E-state index in [9.17, 15) is 9.90 Å². The second-order valence-electron chi connectivity index (χ2n) is 5.64. The summed E-state index contributed by atoms with van der Waals surface area (Å²) in [6.07, 6.45) is 2.85. The molecule has 2 heterocycles. The number of aromatic hydroxyl groups is 1. The fourth-order valence-electron chi connectivity index (χ4n) is 2.96. The Morgan fingerprint density at radius 2 is 2.25 bits per heavy atom. The average Bonchev–Trinajstić information content (AvgIpc) is 2.47. The number of phenolic OH excluding ortho intramolecular Hbond substituents is 1. The van der Waals surface area contributed by atoms with Crippen LogP contribution in [-0.2, 0) is 17.8 Å². The van der Waals surface area contributed by atoms with Crippen molar-refractivity contribution in [3.63, 3.8) is 0 Å². The molecule has 3 rings (SSSR count). The van der Waals surface area contributed by atoms with E-state index in [-0.39, 0.29) is 23.7 Å². The number of nitrogens with one attached hydrogen (secondary N) is 3. The molecule has 1 saturated heterocycles. The summed E-state index contributed by atoms with van der Waals surface area (Å²) in [4.78, 5) is 12.3. The fourth-order valence-corrected chi connectivity index (χ4v) is 2.96. The Hall–Kier alpha value is -1.59.